The highest BCUT2D eigenvalue weighted by Gasteiger charge is 2.19. The minimum absolute atomic E-state index is 0.0321. The summed E-state index contributed by atoms with van der Waals surface area (Å²) in [4.78, 5) is 0. The zero-order valence-corrected chi connectivity index (χ0v) is 12.9. The highest BCUT2D eigenvalue weighted by atomic mass is 35.5. The maximum Gasteiger partial charge on any atom is 0.152 e. The molecule has 0 aliphatic rings. The highest BCUT2D eigenvalue weighted by Crippen LogP contribution is 2.32. The fourth-order valence-electron chi connectivity index (χ4n) is 2.78. The van der Waals surface area contributed by atoms with E-state index in [1.54, 1.807) is 0 Å². The molecule has 2 nitrogen and oxygen atoms in total. The summed E-state index contributed by atoms with van der Waals surface area (Å²) in [7, 11) is 1.95. The lowest BCUT2D eigenvalue weighted by Gasteiger charge is -2.17. The quantitative estimate of drug-likeness (QED) is 0.737. The maximum absolute atomic E-state index is 6.21. The van der Waals surface area contributed by atoms with Gasteiger partial charge in [-0.2, -0.15) is 0 Å². The Kier molecular flexibility index (Phi) is 4.00. The molecule has 0 fully saturated rings. The standard InChI is InChI=1S/C18H18ClNO/c1-3-12-7-4-5-9-14(12)17(20-2)16-11-13-8-6-10-15(19)18(13)21-16/h4-11,17,20H,3H2,1-2H3. The Morgan fingerprint density at radius 3 is 2.67 bits per heavy atom. The van der Waals surface area contributed by atoms with Crippen LogP contribution in [-0.4, -0.2) is 7.05 Å². The van der Waals surface area contributed by atoms with Crippen molar-refractivity contribution in [2.24, 2.45) is 0 Å². The van der Waals surface area contributed by atoms with E-state index in [1.807, 2.05) is 25.2 Å². The van der Waals surface area contributed by atoms with Gasteiger partial charge < -0.3 is 9.73 Å². The van der Waals surface area contributed by atoms with Crippen LogP contribution in [0.5, 0.6) is 0 Å². The first kappa shape index (κ1) is 14.2. The van der Waals surface area contributed by atoms with Crippen LogP contribution in [0.1, 0.15) is 29.9 Å². The monoisotopic (exact) mass is 299 g/mol. The molecule has 0 bridgehead atoms. The molecule has 3 aromatic rings. The van der Waals surface area contributed by atoms with Crippen LogP contribution in [0, 0.1) is 0 Å². The van der Waals surface area contributed by atoms with Crippen LogP contribution < -0.4 is 5.32 Å². The number of aryl methyl sites for hydroxylation is 1. The first-order valence-corrected chi connectivity index (χ1v) is 7.55. The fraction of sp³-hybridized carbons (Fsp3) is 0.222. The van der Waals surface area contributed by atoms with Crippen LogP contribution in [0.2, 0.25) is 5.02 Å². The summed E-state index contributed by atoms with van der Waals surface area (Å²) in [5.41, 5.74) is 3.32. The molecule has 0 saturated heterocycles. The van der Waals surface area contributed by atoms with E-state index in [9.17, 15) is 0 Å². The predicted octanol–water partition coefficient (Wildman–Crippen LogP) is 4.96. The van der Waals surface area contributed by atoms with Crippen LogP contribution >= 0.6 is 11.6 Å². The summed E-state index contributed by atoms with van der Waals surface area (Å²) >= 11 is 6.21. The molecule has 108 valence electrons. The van der Waals surface area contributed by atoms with Crippen molar-refractivity contribution in [3.63, 3.8) is 0 Å². The fourth-order valence-corrected chi connectivity index (χ4v) is 3.00. The Morgan fingerprint density at radius 1 is 1.14 bits per heavy atom. The number of furan rings is 1. The normalized spacial score (nSPS) is 12.7. The lowest BCUT2D eigenvalue weighted by Crippen LogP contribution is -2.18. The molecular weight excluding hydrogens is 282 g/mol. The smallest absolute Gasteiger partial charge is 0.152 e. The summed E-state index contributed by atoms with van der Waals surface area (Å²) in [6.07, 6.45) is 0.995. The van der Waals surface area contributed by atoms with Gasteiger partial charge in [0.1, 0.15) is 5.76 Å². The number of hydrogen-bond acceptors (Lipinski definition) is 2. The third kappa shape index (κ3) is 2.57. The van der Waals surface area contributed by atoms with E-state index in [0.29, 0.717) is 5.02 Å². The number of para-hydroxylation sites is 1. The molecule has 0 spiro atoms. The van der Waals surface area contributed by atoms with Gasteiger partial charge in [0, 0.05) is 5.39 Å². The van der Waals surface area contributed by atoms with E-state index in [0.717, 1.165) is 23.2 Å². The summed E-state index contributed by atoms with van der Waals surface area (Å²) in [5, 5.41) is 5.04. The molecule has 1 unspecified atom stereocenters. The highest BCUT2D eigenvalue weighted by molar-refractivity contribution is 6.34. The molecule has 1 aromatic heterocycles. The van der Waals surface area contributed by atoms with Crippen molar-refractivity contribution in [3.05, 3.63) is 70.4 Å². The van der Waals surface area contributed by atoms with Gasteiger partial charge in [-0.3, -0.25) is 0 Å². The molecule has 1 N–H and O–H groups in total. The van der Waals surface area contributed by atoms with E-state index in [-0.39, 0.29) is 6.04 Å². The lowest BCUT2D eigenvalue weighted by atomic mass is 9.97. The Bertz CT molecular complexity index is 763. The summed E-state index contributed by atoms with van der Waals surface area (Å²) in [6, 6.07) is 16.4. The van der Waals surface area contributed by atoms with Gasteiger partial charge >= 0.3 is 0 Å². The maximum atomic E-state index is 6.21. The number of hydrogen-bond donors (Lipinski definition) is 1. The van der Waals surface area contributed by atoms with Crippen molar-refractivity contribution >= 4 is 22.6 Å². The minimum atomic E-state index is 0.0321. The van der Waals surface area contributed by atoms with Crippen molar-refractivity contribution in [2.75, 3.05) is 7.05 Å². The Balaban J connectivity index is 2.12. The first-order chi connectivity index (χ1) is 10.2. The minimum Gasteiger partial charge on any atom is -0.457 e. The molecule has 3 heteroatoms. The zero-order valence-electron chi connectivity index (χ0n) is 12.2. The van der Waals surface area contributed by atoms with E-state index in [2.05, 4.69) is 42.6 Å². The number of halogens is 1. The Morgan fingerprint density at radius 2 is 1.95 bits per heavy atom. The Hall–Kier alpha value is -1.77. The number of nitrogens with one attached hydrogen (secondary N) is 1. The molecule has 0 aliphatic carbocycles. The van der Waals surface area contributed by atoms with Crippen molar-refractivity contribution in [3.8, 4) is 0 Å². The molecule has 1 heterocycles. The average Bonchev–Trinajstić information content (AvgIpc) is 2.94. The Labute approximate surface area is 129 Å². The van der Waals surface area contributed by atoms with Gasteiger partial charge in [0.05, 0.1) is 11.1 Å². The topological polar surface area (TPSA) is 25.2 Å². The molecule has 2 aromatic carbocycles. The van der Waals surface area contributed by atoms with Crippen LogP contribution in [0.3, 0.4) is 0 Å². The second kappa shape index (κ2) is 5.92. The van der Waals surface area contributed by atoms with Crippen molar-refractivity contribution < 1.29 is 4.42 Å². The van der Waals surface area contributed by atoms with Crippen LogP contribution in [-0.2, 0) is 6.42 Å². The molecule has 0 saturated carbocycles. The largest absolute Gasteiger partial charge is 0.457 e. The number of benzene rings is 2. The summed E-state index contributed by atoms with van der Waals surface area (Å²) in [5.74, 6) is 0.890. The lowest BCUT2D eigenvalue weighted by molar-refractivity contribution is 0.490. The van der Waals surface area contributed by atoms with E-state index >= 15 is 0 Å². The number of rotatable bonds is 4. The molecule has 3 rings (SSSR count). The molecule has 0 amide bonds. The number of fused-ring (bicyclic) bond motifs is 1. The predicted molar refractivity (Wildman–Crippen MR) is 87.9 cm³/mol. The molecule has 0 radical (unpaired) electrons. The van der Waals surface area contributed by atoms with E-state index in [1.165, 1.54) is 11.1 Å². The van der Waals surface area contributed by atoms with Crippen LogP contribution in [0.25, 0.3) is 11.0 Å². The molecule has 0 aliphatic heterocycles. The van der Waals surface area contributed by atoms with Gasteiger partial charge in [-0.1, -0.05) is 54.9 Å². The van der Waals surface area contributed by atoms with Crippen molar-refractivity contribution in [2.45, 2.75) is 19.4 Å². The van der Waals surface area contributed by atoms with Gasteiger partial charge in [0.2, 0.25) is 0 Å². The van der Waals surface area contributed by atoms with Gasteiger partial charge in [0.25, 0.3) is 0 Å². The van der Waals surface area contributed by atoms with Gasteiger partial charge in [0.15, 0.2) is 5.58 Å². The van der Waals surface area contributed by atoms with Gasteiger partial charge in [-0.15, -0.1) is 0 Å². The zero-order chi connectivity index (χ0) is 14.8. The summed E-state index contributed by atoms with van der Waals surface area (Å²) in [6.45, 7) is 2.17. The average molecular weight is 300 g/mol. The second-order valence-corrected chi connectivity index (χ2v) is 5.49. The molecule has 21 heavy (non-hydrogen) atoms. The third-order valence-corrected chi connectivity index (χ3v) is 4.13. The SMILES string of the molecule is CCc1ccccc1C(NC)c1cc2cccc(Cl)c2o1. The first-order valence-electron chi connectivity index (χ1n) is 7.17. The second-order valence-electron chi connectivity index (χ2n) is 5.08. The van der Waals surface area contributed by atoms with E-state index < -0.39 is 0 Å². The van der Waals surface area contributed by atoms with Crippen LogP contribution in [0.15, 0.2) is 52.9 Å². The van der Waals surface area contributed by atoms with Crippen molar-refractivity contribution in [1.29, 1.82) is 0 Å². The van der Waals surface area contributed by atoms with E-state index in [4.69, 9.17) is 16.0 Å². The molecular formula is C18H18ClNO. The van der Waals surface area contributed by atoms with Crippen molar-refractivity contribution in [1.82, 2.24) is 5.32 Å². The van der Waals surface area contributed by atoms with Gasteiger partial charge in [-0.25, -0.2) is 0 Å². The third-order valence-electron chi connectivity index (χ3n) is 3.84. The van der Waals surface area contributed by atoms with Crippen LogP contribution in [0.4, 0.5) is 0 Å². The molecule has 1 atom stereocenters. The van der Waals surface area contributed by atoms with Gasteiger partial charge in [-0.05, 0) is 36.7 Å². The summed E-state index contributed by atoms with van der Waals surface area (Å²) < 4.78 is 6.01.